The van der Waals surface area contributed by atoms with E-state index in [4.69, 9.17) is 18.7 Å². The van der Waals surface area contributed by atoms with Gasteiger partial charge in [-0.25, -0.2) is 4.79 Å². The Labute approximate surface area is 180 Å². The number of rotatable bonds is 8. The second-order valence-electron chi connectivity index (χ2n) is 7.17. The number of aromatic nitrogens is 1. The molecule has 0 aliphatic rings. The lowest BCUT2D eigenvalue weighted by atomic mass is 10.1. The molecular formula is C23H24N2O6. The van der Waals surface area contributed by atoms with Crippen molar-refractivity contribution < 1.29 is 28.3 Å². The lowest BCUT2D eigenvalue weighted by molar-refractivity contribution is 0.0459. The molecule has 0 aliphatic heterocycles. The predicted octanol–water partition coefficient (Wildman–Crippen LogP) is 4.42. The fourth-order valence-electron chi connectivity index (χ4n) is 2.75. The lowest BCUT2D eigenvalue weighted by Gasteiger charge is -2.08. The summed E-state index contributed by atoms with van der Waals surface area (Å²) < 4.78 is 21.1. The Bertz CT molecular complexity index is 1070. The highest BCUT2D eigenvalue weighted by molar-refractivity contribution is 6.04. The first-order chi connectivity index (χ1) is 14.9. The van der Waals surface area contributed by atoms with Crippen LogP contribution in [0.5, 0.6) is 11.5 Å². The van der Waals surface area contributed by atoms with Crippen molar-refractivity contribution in [3.63, 3.8) is 0 Å². The van der Waals surface area contributed by atoms with Gasteiger partial charge >= 0.3 is 5.97 Å². The van der Waals surface area contributed by atoms with Crippen molar-refractivity contribution in [2.24, 2.45) is 5.92 Å². The topological polar surface area (TPSA) is 99.9 Å². The first kappa shape index (κ1) is 21.9. The number of esters is 1. The molecule has 0 radical (unpaired) electrons. The van der Waals surface area contributed by atoms with Crippen LogP contribution in [0.2, 0.25) is 0 Å². The Balaban J connectivity index is 1.72. The van der Waals surface area contributed by atoms with Gasteiger partial charge in [0, 0.05) is 17.3 Å². The Kier molecular flexibility index (Phi) is 6.92. The summed E-state index contributed by atoms with van der Waals surface area (Å²) in [6.45, 7) is 4.24. The van der Waals surface area contributed by atoms with Crippen LogP contribution in [0.15, 0.2) is 53.1 Å². The zero-order chi connectivity index (χ0) is 22.4. The van der Waals surface area contributed by atoms with Gasteiger partial charge in [0.05, 0.1) is 26.4 Å². The minimum Gasteiger partial charge on any atom is -0.493 e. The van der Waals surface area contributed by atoms with Crippen LogP contribution in [0.1, 0.15) is 34.7 Å². The van der Waals surface area contributed by atoms with Crippen LogP contribution >= 0.6 is 0 Å². The van der Waals surface area contributed by atoms with Gasteiger partial charge in [0.2, 0.25) is 0 Å². The summed E-state index contributed by atoms with van der Waals surface area (Å²) in [5.41, 5.74) is 1.57. The molecule has 3 aromatic rings. The second kappa shape index (κ2) is 9.80. The van der Waals surface area contributed by atoms with Crippen molar-refractivity contribution in [3.05, 3.63) is 59.8 Å². The van der Waals surface area contributed by atoms with Crippen LogP contribution in [-0.4, -0.2) is 37.9 Å². The number of hydrogen-bond acceptors (Lipinski definition) is 7. The van der Waals surface area contributed by atoms with E-state index in [2.05, 4.69) is 10.5 Å². The van der Waals surface area contributed by atoms with E-state index in [9.17, 15) is 9.59 Å². The first-order valence-corrected chi connectivity index (χ1v) is 9.69. The van der Waals surface area contributed by atoms with Gasteiger partial charge in [-0.2, -0.15) is 0 Å². The van der Waals surface area contributed by atoms with Crippen molar-refractivity contribution in [3.8, 4) is 22.8 Å². The van der Waals surface area contributed by atoms with Gasteiger partial charge in [-0.1, -0.05) is 25.1 Å². The third-order valence-corrected chi connectivity index (χ3v) is 4.31. The normalized spacial score (nSPS) is 10.6. The van der Waals surface area contributed by atoms with Crippen LogP contribution in [0.4, 0.5) is 5.69 Å². The monoisotopic (exact) mass is 424 g/mol. The molecule has 1 aromatic heterocycles. The maximum atomic E-state index is 12.6. The predicted molar refractivity (Wildman–Crippen MR) is 115 cm³/mol. The van der Waals surface area contributed by atoms with E-state index in [0.717, 1.165) is 0 Å². The molecule has 2 aromatic carbocycles. The molecule has 0 saturated carbocycles. The van der Waals surface area contributed by atoms with Crippen LogP contribution in [0.25, 0.3) is 11.3 Å². The number of hydrogen-bond donors (Lipinski definition) is 1. The summed E-state index contributed by atoms with van der Waals surface area (Å²) in [7, 11) is 3.08. The average Bonchev–Trinajstić information content (AvgIpc) is 3.27. The third-order valence-electron chi connectivity index (χ3n) is 4.31. The van der Waals surface area contributed by atoms with Gasteiger partial charge in [0.25, 0.3) is 5.91 Å². The summed E-state index contributed by atoms with van der Waals surface area (Å²) in [5, 5.41) is 6.55. The molecule has 31 heavy (non-hydrogen) atoms. The van der Waals surface area contributed by atoms with Crippen molar-refractivity contribution in [1.82, 2.24) is 5.16 Å². The highest BCUT2D eigenvalue weighted by Gasteiger charge is 2.16. The average molecular weight is 424 g/mol. The summed E-state index contributed by atoms with van der Waals surface area (Å²) in [4.78, 5) is 24.7. The van der Waals surface area contributed by atoms with Crippen LogP contribution in [-0.2, 0) is 4.74 Å². The molecule has 0 aliphatic carbocycles. The van der Waals surface area contributed by atoms with Gasteiger partial charge < -0.3 is 24.1 Å². The Morgan fingerprint density at radius 2 is 1.81 bits per heavy atom. The minimum absolute atomic E-state index is 0.0950. The second-order valence-corrected chi connectivity index (χ2v) is 7.17. The number of carbonyl (C=O) groups excluding carboxylic acids is 2. The number of amides is 1. The molecule has 8 nitrogen and oxygen atoms in total. The number of carbonyl (C=O) groups is 2. The summed E-state index contributed by atoms with van der Waals surface area (Å²) in [6.07, 6.45) is 0. The number of ether oxygens (including phenoxy) is 3. The molecule has 0 bridgehead atoms. The molecule has 1 amide bonds. The van der Waals surface area contributed by atoms with Gasteiger partial charge in [0.1, 0.15) is 0 Å². The van der Waals surface area contributed by atoms with Gasteiger partial charge in [-0.05, 0) is 42.3 Å². The molecule has 3 rings (SSSR count). The standard InChI is InChI=1S/C23H24N2O6/c1-14(2)13-30-23(27)16-6-5-7-17(10-16)24-22(26)18-12-20(31-25-18)15-8-9-19(28-3)21(11-15)29-4/h5-12,14H,13H2,1-4H3,(H,24,26). The van der Waals surface area contributed by atoms with E-state index >= 15 is 0 Å². The molecule has 0 unspecified atom stereocenters. The van der Waals surface area contributed by atoms with E-state index in [1.807, 2.05) is 13.8 Å². The highest BCUT2D eigenvalue weighted by atomic mass is 16.5. The number of nitrogens with one attached hydrogen (secondary N) is 1. The van der Waals surface area contributed by atoms with E-state index < -0.39 is 11.9 Å². The van der Waals surface area contributed by atoms with E-state index in [-0.39, 0.29) is 11.6 Å². The van der Waals surface area contributed by atoms with Gasteiger partial charge in [-0.15, -0.1) is 0 Å². The van der Waals surface area contributed by atoms with E-state index in [1.54, 1.807) is 49.6 Å². The van der Waals surface area contributed by atoms with E-state index in [0.29, 0.717) is 40.7 Å². The first-order valence-electron chi connectivity index (χ1n) is 9.69. The van der Waals surface area contributed by atoms with Gasteiger partial charge in [0.15, 0.2) is 23.0 Å². The zero-order valence-electron chi connectivity index (χ0n) is 17.8. The molecule has 0 spiro atoms. The molecule has 8 heteroatoms. The number of methoxy groups -OCH3 is 2. The van der Waals surface area contributed by atoms with Crippen molar-refractivity contribution in [2.75, 3.05) is 26.1 Å². The fraction of sp³-hybridized carbons (Fsp3) is 0.261. The maximum absolute atomic E-state index is 12.6. The number of anilines is 1. The maximum Gasteiger partial charge on any atom is 0.338 e. The third kappa shape index (κ3) is 5.42. The van der Waals surface area contributed by atoms with Crippen molar-refractivity contribution in [2.45, 2.75) is 13.8 Å². The molecule has 0 atom stereocenters. The van der Waals surface area contributed by atoms with Crippen molar-refractivity contribution in [1.29, 1.82) is 0 Å². The van der Waals surface area contributed by atoms with Crippen LogP contribution < -0.4 is 14.8 Å². The summed E-state index contributed by atoms with van der Waals surface area (Å²) in [5.74, 6) is 0.834. The molecule has 0 saturated heterocycles. The number of benzene rings is 2. The van der Waals surface area contributed by atoms with Crippen LogP contribution in [0.3, 0.4) is 0 Å². The Morgan fingerprint density at radius 1 is 1.03 bits per heavy atom. The zero-order valence-corrected chi connectivity index (χ0v) is 17.8. The molecule has 162 valence electrons. The molecule has 1 heterocycles. The van der Waals surface area contributed by atoms with Gasteiger partial charge in [-0.3, -0.25) is 4.79 Å². The molecule has 0 fully saturated rings. The minimum atomic E-state index is -0.469. The quantitative estimate of drug-likeness (QED) is 0.534. The Hall–Kier alpha value is -3.81. The highest BCUT2D eigenvalue weighted by Crippen LogP contribution is 2.32. The molecule has 1 N–H and O–H groups in total. The Morgan fingerprint density at radius 3 is 2.52 bits per heavy atom. The lowest BCUT2D eigenvalue weighted by Crippen LogP contribution is -2.14. The fourth-order valence-corrected chi connectivity index (χ4v) is 2.75. The summed E-state index contributed by atoms with van der Waals surface area (Å²) >= 11 is 0. The smallest absolute Gasteiger partial charge is 0.338 e. The summed E-state index contributed by atoms with van der Waals surface area (Å²) in [6, 6.07) is 13.3. The molecular weight excluding hydrogens is 400 g/mol. The van der Waals surface area contributed by atoms with E-state index in [1.165, 1.54) is 13.2 Å². The number of nitrogens with zero attached hydrogens (tertiary/aromatic N) is 1. The van der Waals surface area contributed by atoms with Crippen molar-refractivity contribution >= 4 is 17.6 Å². The largest absolute Gasteiger partial charge is 0.493 e. The van der Waals surface area contributed by atoms with Crippen LogP contribution in [0, 0.1) is 5.92 Å². The SMILES string of the molecule is COc1ccc(-c2cc(C(=O)Nc3cccc(C(=O)OCC(C)C)c3)no2)cc1OC.